The van der Waals surface area contributed by atoms with Gasteiger partial charge in [-0.25, -0.2) is 0 Å². The van der Waals surface area contributed by atoms with Gasteiger partial charge >= 0.3 is 0 Å². The highest BCUT2D eigenvalue weighted by molar-refractivity contribution is 6.33. The third-order valence-corrected chi connectivity index (χ3v) is 2.96. The maximum Gasteiger partial charge on any atom is 0.141 e. The summed E-state index contributed by atoms with van der Waals surface area (Å²) in [6.07, 6.45) is 0. The molecule has 0 aliphatic carbocycles. The molecule has 0 heterocycles. The average molecular weight is 234 g/mol. The Morgan fingerprint density at radius 2 is 1.75 bits per heavy atom. The zero-order valence-electron chi connectivity index (χ0n) is 8.87. The fourth-order valence-corrected chi connectivity index (χ4v) is 1.93. The third-order valence-electron chi connectivity index (χ3n) is 2.63. The van der Waals surface area contributed by atoms with Crippen LogP contribution in [-0.4, -0.2) is 5.11 Å². The predicted molar refractivity (Wildman–Crippen MR) is 67.7 cm³/mol. The van der Waals surface area contributed by atoms with Gasteiger partial charge in [0.15, 0.2) is 0 Å². The van der Waals surface area contributed by atoms with Crippen molar-refractivity contribution < 1.29 is 5.11 Å². The smallest absolute Gasteiger partial charge is 0.141 e. The van der Waals surface area contributed by atoms with E-state index in [2.05, 4.69) is 0 Å². The van der Waals surface area contributed by atoms with Crippen LogP contribution in [0.4, 0.5) is 5.69 Å². The molecule has 2 aromatic rings. The van der Waals surface area contributed by atoms with E-state index in [-0.39, 0.29) is 5.75 Å². The molecule has 0 aliphatic rings. The van der Waals surface area contributed by atoms with Crippen molar-refractivity contribution in [3.05, 3.63) is 47.0 Å². The van der Waals surface area contributed by atoms with Crippen molar-refractivity contribution in [1.29, 1.82) is 0 Å². The Morgan fingerprint density at radius 1 is 1.06 bits per heavy atom. The summed E-state index contributed by atoms with van der Waals surface area (Å²) in [4.78, 5) is 0. The molecule has 0 atom stereocenters. The standard InChI is InChI=1S/C13H12ClNO/c1-8-9(6-7-12(15)13(8)16)10-4-2-3-5-11(10)14/h2-7,16H,15H2,1H3. The molecule has 0 radical (unpaired) electrons. The molecule has 0 bridgehead atoms. The normalized spacial score (nSPS) is 10.4. The van der Waals surface area contributed by atoms with E-state index in [9.17, 15) is 5.11 Å². The number of phenolic OH excluding ortho intramolecular Hbond substituents is 1. The Bertz CT molecular complexity index is 537. The van der Waals surface area contributed by atoms with Gasteiger partial charge in [-0.1, -0.05) is 35.9 Å². The maximum atomic E-state index is 9.77. The Morgan fingerprint density at radius 3 is 2.44 bits per heavy atom. The SMILES string of the molecule is Cc1c(-c2ccccc2Cl)ccc(N)c1O. The summed E-state index contributed by atoms with van der Waals surface area (Å²) >= 11 is 6.11. The second kappa shape index (κ2) is 4.06. The minimum Gasteiger partial charge on any atom is -0.505 e. The van der Waals surface area contributed by atoms with E-state index in [4.69, 9.17) is 17.3 Å². The van der Waals surface area contributed by atoms with Gasteiger partial charge in [0.2, 0.25) is 0 Å². The van der Waals surface area contributed by atoms with Gasteiger partial charge in [-0.3, -0.25) is 0 Å². The first-order chi connectivity index (χ1) is 7.61. The number of phenols is 1. The Hall–Kier alpha value is -1.67. The van der Waals surface area contributed by atoms with E-state index in [1.807, 2.05) is 37.3 Å². The van der Waals surface area contributed by atoms with Crippen LogP contribution in [0.15, 0.2) is 36.4 Å². The van der Waals surface area contributed by atoms with Crippen molar-refractivity contribution in [2.45, 2.75) is 6.92 Å². The minimum absolute atomic E-state index is 0.123. The molecule has 2 aromatic carbocycles. The van der Waals surface area contributed by atoms with Crippen molar-refractivity contribution in [1.82, 2.24) is 0 Å². The Kier molecular flexibility index (Phi) is 2.75. The molecule has 3 heteroatoms. The highest BCUT2D eigenvalue weighted by Crippen LogP contribution is 2.36. The molecular formula is C13H12ClNO. The summed E-state index contributed by atoms with van der Waals surface area (Å²) in [6.45, 7) is 1.82. The van der Waals surface area contributed by atoms with Crippen LogP contribution in [0.3, 0.4) is 0 Å². The van der Waals surface area contributed by atoms with Crippen LogP contribution in [-0.2, 0) is 0 Å². The maximum absolute atomic E-state index is 9.77. The molecule has 0 saturated heterocycles. The highest BCUT2D eigenvalue weighted by atomic mass is 35.5. The van der Waals surface area contributed by atoms with Gasteiger partial charge in [-0.05, 0) is 24.6 Å². The van der Waals surface area contributed by atoms with Gasteiger partial charge < -0.3 is 10.8 Å². The van der Waals surface area contributed by atoms with E-state index in [0.717, 1.165) is 16.7 Å². The second-order valence-electron chi connectivity index (χ2n) is 3.66. The van der Waals surface area contributed by atoms with E-state index in [0.29, 0.717) is 10.7 Å². The van der Waals surface area contributed by atoms with Crippen molar-refractivity contribution >= 4 is 17.3 Å². The average Bonchev–Trinajstić information content (AvgIpc) is 2.28. The van der Waals surface area contributed by atoms with Gasteiger partial charge in [0.05, 0.1) is 5.69 Å². The van der Waals surface area contributed by atoms with Crippen molar-refractivity contribution in [2.24, 2.45) is 0 Å². The number of nitrogen functional groups attached to an aromatic ring is 1. The number of hydrogen-bond donors (Lipinski definition) is 2. The summed E-state index contributed by atoms with van der Waals surface area (Å²) in [5, 5.41) is 10.4. The molecule has 0 aliphatic heterocycles. The Balaban J connectivity index is 2.66. The van der Waals surface area contributed by atoms with Crippen LogP contribution in [0.2, 0.25) is 5.02 Å². The van der Waals surface area contributed by atoms with E-state index < -0.39 is 0 Å². The number of halogens is 1. The van der Waals surface area contributed by atoms with Crippen LogP contribution in [0.25, 0.3) is 11.1 Å². The first kappa shape index (κ1) is 10.8. The first-order valence-corrected chi connectivity index (χ1v) is 5.32. The lowest BCUT2D eigenvalue weighted by Crippen LogP contribution is -1.91. The van der Waals surface area contributed by atoms with E-state index in [1.165, 1.54) is 0 Å². The fourth-order valence-electron chi connectivity index (χ4n) is 1.69. The molecule has 3 N–H and O–H groups in total. The predicted octanol–water partition coefficient (Wildman–Crippen LogP) is 3.60. The quantitative estimate of drug-likeness (QED) is 0.584. The number of aromatic hydroxyl groups is 1. The molecule has 16 heavy (non-hydrogen) atoms. The molecular weight excluding hydrogens is 222 g/mol. The summed E-state index contributed by atoms with van der Waals surface area (Å²) < 4.78 is 0. The number of hydrogen-bond acceptors (Lipinski definition) is 2. The van der Waals surface area contributed by atoms with E-state index in [1.54, 1.807) is 6.07 Å². The summed E-state index contributed by atoms with van der Waals surface area (Å²) in [6, 6.07) is 11.1. The zero-order chi connectivity index (χ0) is 11.7. The molecule has 0 unspecified atom stereocenters. The first-order valence-electron chi connectivity index (χ1n) is 4.94. The molecule has 0 aromatic heterocycles. The largest absolute Gasteiger partial charge is 0.505 e. The van der Waals surface area contributed by atoms with Crippen LogP contribution < -0.4 is 5.73 Å². The van der Waals surface area contributed by atoms with Crippen molar-refractivity contribution in [3.8, 4) is 16.9 Å². The molecule has 82 valence electrons. The summed E-state index contributed by atoms with van der Waals surface area (Å²) in [7, 11) is 0. The molecule has 0 fully saturated rings. The highest BCUT2D eigenvalue weighted by Gasteiger charge is 2.10. The van der Waals surface area contributed by atoms with Gasteiger partial charge in [0.1, 0.15) is 5.75 Å². The number of benzene rings is 2. The van der Waals surface area contributed by atoms with Crippen molar-refractivity contribution in [3.63, 3.8) is 0 Å². The monoisotopic (exact) mass is 233 g/mol. The van der Waals surface area contributed by atoms with Crippen LogP contribution >= 0.6 is 11.6 Å². The minimum atomic E-state index is 0.123. The van der Waals surface area contributed by atoms with Crippen LogP contribution in [0, 0.1) is 6.92 Å². The van der Waals surface area contributed by atoms with Gasteiger partial charge in [-0.2, -0.15) is 0 Å². The summed E-state index contributed by atoms with van der Waals surface area (Å²) in [5.74, 6) is 0.123. The van der Waals surface area contributed by atoms with Gasteiger partial charge in [0, 0.05) is 16.1 Å². The number of anilines is 1. The number of nitrogens with two attached hydrogens (primary N) is 1. The zero-order valence-corrected chi connectivity index (χ0v) is 9.62. The molecule has 2 rings (SSSR count). The Labute approximate surface area is 99.3 Å². The van der Waals surface area contributed by atoms with Crippen LogP contribution in [0.5, 0.6) is 5.75 Å². The van der Waals surface area contributed by atoms with Gasteiger partial charge in [0.25, 0.3) is 0 Å². The van der Waals surface area contributed by atoms with Crippen LogP contribution in [0.1, 0.15) is 5.56 Å². The molecule has 2 nitrogen and oxygen atoms in total. The number of rotatable bonds is 1. The lowest BCUT2D eigenvalue weighted by atomic mass is 9.99. The fraction of sp³-hybridized carbons (Fsp3) is 0.0769. The van der Waals surface area contributed by atoms with E-state index >= 15 is 0 Å². The molecule has 0 amide bonds. The third kappa shape index (κ3) is 1.72. The topological polar surface area (TPSA) is 46.2 Å². The van der Waals surface area contributed by atoms with Crippen molar-refractivity contribution in [2.75, 3.05) is 5.73 Å². The molecule has 0 saturated carbocycles. The lowest BCUT2D eigenvalue weighted by Gasteiger charge is -2.11. The summed E-state index contributed by atoms with van der Waals surface area (Å²) in [5.41, 5.74) is 8.55. The van der Waals surface area contributed by atoms with Gasteiger partial charge in [-0.15, -0.1) is 0 Å². The molecule has 0 spiro atoms. The lowest BCUT2D eigenvalue weighted by molar-refractivity contribution is 0.474. The second-order valence-corrected chi connectivity index (χ2v) is 4.06.